The summed E-state index contributed by atoms with van der Waals surface area (Å²) in [6.07, 6.45) is -4.73. The van der Waals surface area contributed by atoms with Crippen molar-refractivity contribution < 1.29 is 17.9 Å². The highest BCUT2D eigenvalue weighted by Crippen LogP contribution is 2.25. The summed E-state index contributed by atoms with van der Waals surface area (Å²) < 4.78 is 40.1. The van der Waals surface area contributed by atoms with E-state index in [1.165, 1.54) is 7.11 Å². The van der Waals surface area contributed by atoms with E-state index >= 15 is 0 Å². The molecule has 2 atom stereocenters. The fourth-order valence-corrected chi connectivity index (χ4v) is 0.858. The van der Waals surface area contributed by atoms with Gasteiger partial charge in [0.1, 0.15) is 0 Å². The lowest BCUT2D eigenvalue weighted by atomic mass is 10.00. The molecule has 0 aliphatic heterocycles. The topological polar surface area (TPSA) is 9.23 Å². The fourth-order valence-electron chi connectivity index (χ4n) is 0.858. The van der Waals surface area contributed by atoms with Crippen molar-refractivity contribution in [2.75, 3.05) is 7.11 Å². The average Bonchev–Trinajstić information content (AvgIpc) is 1.97. The Morgan fingerprint density at radius 1 is 1.25 bits per heavy atom. The summed E-state index contributed by atoms with van der Waals surface area (Å²) >= 11 is 0. The summed E-state index contributed by atoms with van der Waals surface area (Å²) in [5.74, 6) is -0.0448. The molecule has 12 heavy (non-hydrogen) atoms. The molecule has 0 aliphatic carbocycles. The van der Waals surface area contributed by atoms with E-state index < -0.39 is 12.6 Å². The highest BCUT2D eigenvalue weighted by Gasteiger charge is 2.28. The third-order valence-electron chi connectivity index (χ3n) is 2.06. The first-order chi connectivity index (χ1) is 5.37. The lowest BCUT2D eigenvalue weighted by molar-refractivity contribution is -0.139. The minimum Gasteiger partial charge on any atom is -0.381 e. The van der Waals surface area contributed by atoms with Gasteiger partial charge in [-0.1, -0.05) is 6.92 Å². The zero-order valence-corrected chi connectivity index (χ0v) is 7.61. The zero-order valence-electron chi connectivity index (χ0n) is 7.61. The molecule has 0 aromatic carbocycles. The van der Waals surface area contributed by atoms with Crippen molar-refractivity contribution in [3.05, 3.63) is 0 Å². The average molecular weight is 184 g/mol. The molecule has 0 fully saturated rings. The Morgan fingerprint density at radius 3 is 2.08 bits per heavy atom. The number of methoxy groups -OCH3 is 1. The third-order valence-corrected chi connectivity index (χ3v) is 2.06. The maximum atomic E-state index is 11.7. The molecule has 0 saturated heterocycles. The van der Waals surface area contributed by atoms with Gasteiger partial charge in [0.05, 0.1) is 6.10 Å². The monoisotopic (exact) mass is 184 g/mol. The van der Waals surface area contributed by atoms with Gasteiger partial charge in [0.15, 0.2) is 0 Å². The number of hydrogen-bond donors (Lipinski definition) is 0. The van der Waals surface area contributed by atoms with Gasteiger partial charge in [0, 0.05) is 13.5 Å². The van der Waals surface area contributed by atoms with Crippen LogP contribution >= 0.6 is 0 Å². The molecule has 0 aliphatic rings. The van der Waals surface area contributed by atoms with Crippen LogP contribution in [-0.2, 0) is 4.74 Å². The highest BCUT2D eigenvalue weighted by atomic mass is 19.4. The molecular formula is C8H15F3O. The Balaban J connectivity index is 3.64. The van der Waals surface area contributed by atoms with E-state index in [1.807, 2.05) is 0 Å². The van der Waals surface area contributed by atoms with Gasteiger partial charge in [-0.2, -0.15) is 13.2 Å². The van der Waals surface area contributed by atoms with E-state index in [0.717, 1.165) is 0 Å². The van der Waals surface area contributed by atoms with Crippen LogP contribution < -0.4 is 0 Å². The van der Waals surface area contributed by atoms with Crippen LogP contribution in [0.4, 0.5) is 13.2 Å². The van der Waals surface area contributed by atoms with Crippen LogP contribution in [0.3, 0.4) is 0 Å². The van der Waals surface area contributed by atoms with Crippen molar-refractivity contribution >= 4 is 0 Å². The smallest absolute Gasteiger partial charge is 0.381 e. The van der Waals surface area contributed by atoms with Crippen LogP contribution in [0, 0.1) is 5.92 Å². The zero-order chi connectivity index (χ0) is 9.78. The fraction of sp³-hybridized carbons (Fsp3) is 1.00. The van der Waals surface area contributed by atoms with Crippen molar-refractivity contribution in [2.24, 2.45) is 5.92 Å². The molecule has 4 heteroatoms. The molecule has 0 heterocycles. The van der Waals surface area contributed by atoms with Gasteiger partial charge in [-0.3, -0.25) is 0 Å². The molecule has 0 N–H and O–H groups in total. The van der Waals surface area contributed by atoms with Crippen molar-refractivity contribution in [3.63, 3.8) is 0 Å². The van der Waals surface area contributed by atoms with E-state index in [2.05, 4.69) is 0 Å². The standard InChI is InChI=1S/C8H15F3O/c1-6(7(2)12-3)4-5-8(9,10)11/h6-7H,4-5H2,1-3H3/t6-,7?/m0/s1. The molecule has 74 valence electrons. The Morgan fingerprint density at radius 2 is 1.75 bits per heavy atom. The summed E-state index contributed by atoms with van der Waals surface area (Å²) in [4.78, 5) is 0. The molecule has 0 rings (SSSR count). The molecule has 1 nitrogen and oxygen atoms in total. The van der Waals surface area contributed by atoms with Crippen molar-refractivity contribution in [3.8, 4) is 0 Å². The summed E-state index contributed by atoms with van der Waals surface area (Å²) in [6, 6.07) is 0. The van der Waals surface area contributed by atoms with Crippen LogP contribution in [0.1, 0.15) is 26.7 Å². The van der Waals surface area contributed by atoms with E-state index in [-0.39, 0.29) is 18.4 Å². The van der Waals surface area contributed by atoms with Gasteiger partial charge in [0.2, 0.25) is 0 Å². The van der Waals surface area contributed by atoms with Crippen LogP contribution in [0.2, 0.25) is 0 Å². The minimum atomic E-state index is -4.04. The molecule has 0 aromatic rings. The normalized spacial score (nSPS) is 17.5. The summed E-state index contributed by atoms with van der Waals surface area (Å²) in [7, 11) is 1.51. The van der Waals surface area contributed by atoms with Crippen LogP contribution in [-0.4, -0.2) is 19.4 Å². The first-order valence-electron chi connectivity index (χ1n) is 3.96. The Hall–Kier alpha value is -0.250. The largest absolute Gasteiger partial charge is 0.389 e. The Bertz CT molecular complexity index is 122. The van der Waals surface area contributed by atoms with Gasteiger partial charge < -0.3 is 4.74 Å². The Kier molecular flexibility index (Phi) is 4.60. The molecule has 0 saturated carbocycles. The predicted molar refractivity (Wildman–Crippen MR) is 40.9 cm³/mol. The molecule has 0 spiro atoms. The number of hydrogen-bond acceptors (Lipinski definition) is 1. The van der Waals surface area contributed by atoms with Gasteiger partial charge in [-0.25, -0.2) is 0 Å². The van der Waals surface area contributed by atoms with Gasteiger partial charge in [-0.05, 0) is 19.3 Å². The summed E-state index contributed by atoms with van der Waals surface area (Å²) in [5, 5.41) is 0. The first kappa shape index (κ1) is 11.8. The van der Waals surface area contributed by atoms with Crippen LogP contribution in [0.5, 0.6) is 0 Å². The summed E-state index contributed by atoms with van der Waals surface area (Å²) in [6.45, 7) is 3.54. The maximum absolute atomic E-state index is 11.7. The lowest BCUT2D eigenvalue weighted by Gasteiger charge is -2.18. The highest BCUT2D eigenvalue weighted by molar-refractivity contribution is 4.63. The van der Waals surface area contributed by atoms with Gasteiger partial charge in [-0.15, -0.1) is 0 Å². The molecule has 0 bridgehead atoms. The van der Waals surface area contributed by atoms with Gasteiger partial charge in [0.25, 0.3) is 0 Å². The molecular weight excluding hydrogens is 169 g/mol. The van der Waals surface area contributed by atoms with E-state index in [4.69, 9.17) is 4.74 Å². The second-order valence-electron chi connectivity index (χ2n) is 3.07. The van der Waals surface area contributed by atoms with Crippen molar-refractivity contribution in [1.82, 2.24) is 0 Å². The van der Waals surface area contributed by atoms with Crippen LogP contribution in [0.15, 0.2) is 0 Å². The molecule has 1 unspecified atom stereocenters. The second-order valence-corrected chi connectivity index (χ2v) is 3.07. The minimum absolute atomic E-state index is 0.0448. The van der Waals surface area contributed by atoms with Crippen molar-refractivity contribution in [2.45, 2.75) is 39.0 Å². The SMILES string of the molecule is COC(C)[C@@H](C)CCC(F)(F)F. The number of rotatable bonds is 4. The first-order valence-corrected chi connectivity index (χ1v) is 3.96. The lowest BCUT2D eigenvalue weighted by Crippen LogP contribution is -2.19. The quantitative estimate of drug-likeness (QED) is 0.652. The molecule has 0 amide bonds. The summed E-state index contributed by atoms with van der Waals surface area (Å²) in [5.41, 5.74) is 0. The molecule has 0 aromatic heterocycles. The van der Waals surface area contributed by atoms with Crippen molar-refractivity contribution in [1.29, 1.82) is 0 Å². The number of alkyl halides is 3. The number of ether oxygens (including phenoxy) is 1. The maximum Gasteiger partial charge on any atom is 0.389 e. The van der Waals surface area contributed by atoms with E-state index in [1.54, 1.807) is 13.8 Å². The number of halogens is 3. The molecule has 0 radical (unpaired) electrons. The third kappa shape index (κ3) is 5.41. The van der Waals surface area contributed by atoms with Gasteiger partial charge >= 0.3 is 6.18 Å². The van der Waals surface area contributed by atoms with Crippen LogP contribution in [0.25, 0.3) is 0 Å². The predicted octanol–water partition coefficient (Wildman–Crippen LogP) is 3.00. The van der Waals surface area contributed by atoms with E-state index in [0.29, 0.717) is 0 Å². The van der Waals surface area contributed by atoms with E-state index in [9.17, 15) is 13.2 Å². The Labute approximate surface area is 70.9 Å². The second kappa shape index (κ2) is 4.70.